The topological polar surface area (TPSA) is 111 Å². The van der Waals surface area contributed by atoms with Gasteiger partial charge in [0.1, 0.15) is 24.4 Å². The van der Waals surface area contributed by atoms with Crippen LogP contribution >= 0.6 is 0 Å². The Labute approximate surface area is 378 Å². The van der Waals surface area contributed by atoms with Crippen LogP contribution in [0.25, 0.3) is 0 Å². The van der Waals surface area contributed by atoms with Gasteiger partial charge < -0.3 is 34.6 Å². The van der Waals surface area contributed by atoms with Crippen molar-refractivity contribution in [2.24, 2.45) is 23.7 Å². The van der Waals surface area contributed by atoms with Crippen LogP contribution in [-0.2, 0) is 0 Å². The maximum Gasteiger partial charge on any atom is 0.165 e. The van der Waals surface area contributed by atoms with Gasteiger partial charge >= 0.3 is 0 Å². The Hall–Kier alpha value is -1.86. The van der Waals surface area contributed by atoms with Crippen LogP contribution in [0, 0.1) is 23.7 Å². The Morgan fingerprint density at radius 1 is 0.387 bits per heavy atom. The number of nitrogens with zero attached hydrogens (tertiary/aromatic N) is 4. The van der Waals surface area contributed by atoms with Crippen LogP contribution in [0.3, 0.4) is 0 Å². The first-order valence-electron chi connectivity index (χ1n) is 24.1. The molecule has 3 N–H and O–H groups in total. The zero-order valence-electron chi connectivity index (χ0n) is 43.2. The average molecular weight is 873 g/mol. The van der Waals surface area contributed by atoms with E-state index in [0.717, 1.165) is 12.8 Å². The average Bonchev–Trinajstić information content (AvgIpc) is 3.11. The smallest absolute Gasteiger partial charge is 0.165 e. The lowest BCUT2D eigenvalue weighted by Gasteiger charge is -2.56. The number of benzene rings is 1. The molecule has 4 saturated heterocycles. The van der Waals surface area contributed by atoms with E-state index in [9.17, 15) is 15.6 Å². The van der Waals surface area contributed by atoms with Crippen molar-refractivity contribution in [2.45, 2.75) is 259 Å². The molecule has 4 aliphatic heterocycles. The predicted octanol–water partition coefficient (Wildman–Crippen LogP) is 11.6. The number of rotatable bonds is 12. The van der Waals surface area contributed by atoms with Gasteiger partial charge in [-0.2, -0.15) is 15.2 Å². The maximum absolute atomic E-state index is 11.6. The van der Waals surface area contributed by atoms with Crippen molar-refractivity contribution < 1.29 is 34.6 Å². The van der Waals surface area contributed by atoms with Gasteiger partial charge in [-0.3, -0.25) is 4.90 Å². The number of hydrogen-bond donors (Lipinski definition) is 3. The molecule has 5 rings (SSSR count). The number of piperidine rings is 4. The largest absolute Gasteiger partial charge is 0.486 e. The van der Waals surface area contributed by atoms with Crippen molar-refractivity contribution in [1.29, 1.82) is 0 Å². The van der Waals surface area contributed by atoms with E-state index < -0.39 is 33.2 Å². The number of likely N-dealkylation sites (tertiary alicyclic amines) is 1. The van der Waals surface area contributed by atoms with Crippen molar-refractivity contribution in [2.75, 3.05) is 7.05 Å². The fourth-order valence-corrected chi connectivity index (χ4v) is 11.9. The Morgan fingerprint density at radius 2 is 0.597 bits per heavy atom. The third-order valence-electron chi connectivity index (χ3n) is 17.5. The van der Waals surface area contributed by atoms with Crippen molar-refractivity contribution in [3.8, 4) is 23.0 Å². The highest BCUT2D eigenvalue weighted by molar-refractivity contribution is 5.55. The standard InChI is InChI=1S/C51H92N4O7/c1-32(2)48(17)28-36(24-44(9,10)52(48)21)59-40-22-42(61-38-26-46(13,14)54(57)50(19,30-38)34(5)6)43(62-39-27-47(15,16)55(58)51(20,31-39)35(7)8)23-41(40)60-37-25-45(11,12)53(56)49(18,29-37)33(3)4/h22-23,32-39,56-58H,24-31H2,1-21H3. The summed E-state index contributed by atoms with van der Waals surface area (Å²) in [5.41, 5.74) is -3.41. The molecule has 0 spiro atoms. The summed E-state index contributed by atoms with van der Waals surface area (Å²) >= 11 is 0. The normalized spacial score (nSPS) is 37.0. The number of ether oxygens (including phenoxy) is 4. The Balaban J connectivity index is 1.69. The second-order valence-corrected chi connectivity index (χ2v) is 25.1. The van der Waals surface area contributed by atoms with Crippen molar-refractivity contribution in [3.63, 3.8) is 0 Å². The highest BCUT2D eigenvalue weighted by atomic mass is 16.6. The van der Waals surface area contributed by atoms with Crippen LogP contribution < -0.4 is 18.9 Å². The molecule has 62 heavy (non-hydrogen) atoms. The SMILES string of the molecule is CC(C)C1(C)CC(Oc2cc(OC3CC(C)(C)N(O)C(C)(C(C)C)C3)c(OC3CC(C)(C)N(O)C(C)(C(C)C)C3)cc2OC2CC(C)(C)N(O)C(C)(C(C)C)C2)CC(C)(C)N1C. The molecule has 0 radical (unpaired) electrons. The minimum atomic E-state index is -0.544. The third-order valence-corrected chi connectivity index (χ3v) is 17.5. The van der Waals surface area contributed by atoms with Crippen LogP contribution in [-0.4, -0.2) is 111 Å². The van der Waals surface area contributed by atoms with E-state index in [1.165, 1.54) is 0 Å². The molecule has 8 unspecified atom stereocenters. The fraction of sp³-hybridized carbons (Fsp3) is 0.882. The summed E-state index contributed by atoms with van der Waals surface area (Å²) < 4.78 is 29.1. The summed E-state index contributed by atoms with van der Waals surface area (Å²) in [6.45, 7) is 43.5. The number of hydroxylamine groups is 6. The van der Waals surface area contributed by atoms with Gasteiger partial charge in [0.2, 0.25) is 0 Å². The Morgan fingerprint density at radius 3 is 0.823 bits per heavy atom. The van der Waals surface area contributed by atoms with Crippen LogP contribution in [0.4, 0.5) is 0 Å². The van der Waals surface area contributed by atoms with Gasteiger partial charge in [0.05, 0.1) is 0 Å². The van der Waals surface area contributed by atoms with Gasteiger partial charge in [0, 0.05) is 108 Å². The molecule has 8 atom stereocenters. The van der Waals surface area contributed by atoms with Gasteiger partial charge in [-0.05, 0) is 114 Å². The van der Waals surface area contributed by atoms with Gasteiger partial charge in [-0.1, -0.05) is 55.4 Å². The Kier molecular flexibility index (Phi) is 14.1. The maximum atomic E-state index is 11.6. The molecule has 11 heteroatoms. The minimum absolute atomic E-state index is 0.102. The van der Waals surface area contributed by atoms with Gasteiger partial charge in [-0.15, -0.1) is 0 Å². The summed E-state index contributed by atoms with van der Waals surface area (Å²) in [5, 5.41) is 39.5. The van der Waals surface area contributed by atoms with Crippen LogP contribution in [0.5, 0.6) is 23.0 Å². The lowest BCUT2D eigenvalue weighted by atomic mass is 9.72. The summed E-state index contributed by atoms with van der Waals surface area (Å²) in [6, 6.07) is 4.03. The molecule has 0 aliphatic carbocycles. The fourth-order valence-electron chi connectivity index (χ4n) is 11.9. The first-order valence-corrected chi connectivity index (χ1v) is 24.1. The van der Waals surface area contributed by atoms with Gasteiger partial charge in [-0.25, -0.2) is 0 Å². The van der Waals surface area contributed by atoms with E-state index in [0.29, 0.717) is 67.4 Å². The molecule has 0 amide bonds. The van der Waals surface area contributed by atoms with Crippen LogP contribution in [0.2, 0.25) is 0 Å². The molecule has 4 fully saturated rings. The molecule has 0 aromatic heterocycles. The van der Waals surface area contributed by atoms with Crippen LogP contribution in [0.15, 0.2) is 12.1 Å². The van der Waals surface area contributed by atoms with E-state index >= 15 is 0 Å². The van der Waals surface area contributed by atoms with Crippen molar-refractivity contribution in [1.82, 2.24) is 20.1 Å². The molecule has 4 heterocycles. The molecule has 0 saturated carbocycles. The van der Waals surface area contributed by atoms with E-state index in [1.54, 1.807) is 15.2 Å². The van der Waals surface area contributed by atoms with Crippen molar-refractivity contribution in [3.05, 3.63) is 12.1 Å². The molecule has 1 aromatic carbocycles. The molecule has 11 nitrogen and oxygen atoms in total. The zero-order chi connectivity index (χ0) is 47.1. The lowest BCUT2D eigenvalue weighted by Crippen LogP contribution is -2.64. The minimum Gasteiger partial charge on any atom is -0.486 e. The van der Waals surface area contributed by atoms with Gasteiger partial charge in [0.25, 0.3) is 0 Å². The number of hydrogen-bond acceptors (Lipinski definition) is 11. The second kappa shape index (κ2) is 17.1. The summed E-state index contributed by atoms with van der Waals surface area (Å²) in [5.74, 6) is 3.30. The highest BCUT2D eigenvalue weighted by Crippen LogP contribution is 2.51. The van der Waals surface area contributed by atoms with E-state index in [-0.39, 0.29) is 53.2 Å². The van der Waals surface area contributed by atoms with Crippen LogP contribution in [0.1, 0.15) is 190 Å². The molecular formula is C51H92N4O7. The molecule has 4 aliphatic rings. The summed E-state index contributed by atoms with van der Waals surface area (Å²) in [6.07, 6.45) is 4.59. The first kappa shape index (κ1) is 51.1. The highest BCUT2D eigenvalue weighted by Gasteiger charge is 2.54. The first-order chi connectivity index (χ1) is 28.1. The quantitative estimate of drug-likeness (QED) is 0.187. The predicted molar refractivity (Wildman–Crippen MR) is 249 cm³/mol. The third kappa shape index (κ3) is 9.40. The van der Waals surface area contributed by atoms with Gasteiger partial charge in [0.15, 0.2) is 23.0 Å². The monoisotopic (exact) mass is 873 g/mol. The zero-order valence-corrected chi connectivity index (χ0v) is 43.2. The van der Waals surface area contributed by atoms with Crippen molar-refractivity contribution >= 4 is 0 Å². The second-order valence-electron chi connectivity index (χ2n) is 25.1. The molecule has 358 valence electrons. The van der Waals surface area contributed by atoms with E-state index in [1.807, 2.05) is 12.1 Å². The molecule has 1 aromatic rings. The van der Waals surface area contributed by atoms with E-state index in [4.69, 9.17) is 18.9 Å². The lowest BCUT2D eigenvalue weighted by molar-refractivity contribution is -0.273. The summed E-state index contributed by atoms with van der Waals surface area (Å²) in [4.78, 5) is 2.54. The molecule has 0 bridgehead atoms. The van der Waals surface area contributed by atoms with E-state index in [2.05, 4.69) is 150 Å². The molecular weight excluding hydrogens is 781 g/mol. The summed E-state index contributed by atoms with van der Waals surface area (Å²) in [7, 11) is 2.25. The Bertz CT molecular complexity index is 1490.